The van der Waals surface area contributed by atoms with Crippen molar-refractivity contribution in [3.05, 3.63) is 12.4 Å². The van der Waals surface area contributed by atoms with Crippen LogP contribution >= 0.6 is 0 Å². The molecule has 1 unspecified atom stereocenters. The standard InChI is InChI=1S/C7H5F7O2/c1-3(8)4(15)16-2-6(10,11)5(9)7(12,13)14/h5H,1-2H2. The second-order valence-electron chi connectivity index (χ2n) is 2.65. The van der Waals surface area contributed by atoms with Gasteiger partial charge in [-0.3, -0.25) is 0 Å². The lowest BCUT2D eigenvalue weighted by atomic mass is 10.2. The molecule has 0 aromatic heterocycles. The Hall–Kier alpha value is -1.28. The zero-order valence-corrected chi connectivity index (χ0v) is 7.45. The van der Waals surface area contributed by atoms with E-state index in [1.165, 1.54) is 0 Å². The number of esters is 1. The van der Waals surface area contributed by atoms with Crippen molar-refractivity contribution in [1.82, 2.24) is 0 Å². The van der Waals surface area contributed by atoms with E-state index in [0.29, 0.717) is 0 Å². The van der Waals surface area contributed by atoms with E-state index in [1.807, 2.05) is 0 Å². The molecule has 1 atom stereocenters. The smallest absolute Gasteiger partial charge is 0.425 e. The summed E-state index contributed by atoms with van der Waals surface area (Å²) in [6.07, 6.45) is -10.3. The topological polar surface area (TPSA) is 26.3 Å². The van der Waals surface area contributed by atoms with Crippen LogP contribution in [-0.2, 0) is 9.53 Å². The third kappa shape index (κ3) is 4.07. The van der Waals surface area contributed by atoms with Gasteiger partial charge in [-0.15, -0.1) is 0 Å². The van der Waals surface area contributed by atoms with Gasteiger partial charge in [0.25, 0.3) is 6.17 Å². The molecule has 0 aliphatic rings. The second-order valence-corrected chi connectivity index (χ2v) is 2.65. The molecule has 9 heteroatoms. The van der Waals surface area contributed by atoms with Crippen molar-refractivity contribution in [3.63, 3.8) is 0 Å². The maximum absolute atomic E-state index is 12.4. The number of halogens is 7. The first-order valence-corrected chi connectivity index (χ1v) is 3.58. The highest BCUT2D eigenvalue weighted by Crippen LogP contribution is 2.35. The van der Waals surface area contributed by atoms with Gasteiger partial charge < -0.3 is 4.74 Å². The molecule has 2 nitrogen and oxygen atoms in total. The highest BCUT2D eigenvalue weighted by atomic mass is 19.4. The predicted octanol–water partition coefficient (Wildman–Crippen LogP) is 2.55. The lowest BCUT2D eigenvalue weighted by Crippen LogP contribution is -2.45. The summed E-state index contributed by atoms with van der Waals surface area (Å²) >= 11 is 0. The van der Waals surface area contributed by atoms with Crippen molar-refractivity contribution < 1.29 is 40.3 Å². The fourth-order valence-electron chi connectivity index (χ4n) is 0.553. The fourth-order valence-corrected chi connectivity index (χ4v) is 0.553. The highest BCUT2D eigenvalue weighted by molar-refractivity contribution is 5.85. The molecular formula is C7H5F7O2. The highest BCUT2D eigenvalue weighted by Gasteiger charge is 2.57. The molecule has 0 saturated carbocycles. The van der Waals surface area contributed by atoms with E-state index in [9.17, 15) is 35.5 Å². The molecule has 0 fully saturated rings. The summed E-state index contributed by atoms with van der Waals surface area (Å²) in [5.41, 5.74) is 0. The van der Waals surface area contributed by atoms with Crippen molar-refractivity contribution in [2.75, 3.05) is 6.61 Å². The zero-order chi connectivity index (χ0) is 13.1. The molecule has 0 heterocycles. The van der Waals surface area contributed by atoms with Crippen LogP contribution in [-0.4, -0.2) is 30.8 Å². The van der Waals surface area contributed by atoms with Gasteiger partial charge in [-0.1, -0.05) is 6.58 Å². The normalized spacial score (nSPS) is 14.4. The van der Waals surface area contributed by atoms with Crippen LogP contribution in [0.15, 0.2) is 12.4 Å². The molecule has 0 aromatic carbocycles. The molecular weight excluding hydrogens is 249 g/mol. The van der Waals surface area contributed by atoms with E-state index < -0.39 is 36.7 Å². The number of rotatable bonds is 4. The van der Waals surface area contributed by atoms with Crippen LogP contribution in [0.25, 0.3) is 0 Å². The molecule has 0 rings (SSSR count). The van der Waals surface area contributed by atoms with E-state index in [-0.39, 0.29) is 0 Å². The third-order valence-electron chi connectivity index (χ3n) is 1.28. The van der Waals surface area contributed by atoms with Crippen LogP contribution in [0.4, 0.5) is 30.7 Å². The first kappa shape index (κ1) is 14.7. The Balaban J connectivity index is 4.47. The van der Waals surface area contributed by atoms with Crippen LogP contribution in [0.3, 0.4) is 0 Å². The van der Waals surface area contributed by atoms with Gasteiger partial charge in [0.1, 0.15) is 0 Å². The number of carbonyl (C=O) groups is 1. The summed E-state index contributed by atoms with van der Waals surface area (Å²) in [7, 11) is 0. The van der Waals surface area contributed by atoms with Crippen LogP contribution < -0.4 is 0 Å². The lowest BCUT2D eigenvalue weighted by Gasteiger charge is -2.21. The van der Waals surface area contributed by atoms with Crippen molar-refractivity contribution >= 4 is 5.97 Å². The summed E-state index contributed by atoms with van der Waals surface area (Å²) in [5.74, 6) is -8.74. The molecule has 0 bridgehead atoms. The number of hydrogen-bond acceptors (Lipinski definition) is 2. The van der Waals surface area contributed by atoms with Crippen LogP contribution in [0.5, 0.6) is 0 Å². The van der Waals surface area contributed by atoms with Crippen LogP contribution in [0.1, 0.15) is 0 Å². The zero-order valence-electron chi connectivity index (χ0n) is 7.45. The van der Waals surface area contributed by atoms with Gasteiger partial charge in [0.15, 0.2) is 6.61 Å². The van der Waals surface area contributed by atoms with Gasteiger partial charge in [-0.2, -0.15) is 26.3 Å². The maximum Gasteiger partial charge on any atom is 0.425 e. The van der Waals surface area contributed by atoms with Crippen molar-refractivity contribution in [2.24, 2.45) is 0 Å². The number of carbonyl (C=O) groups excluding carboxylic acids is 1. The minimum absolute atomic E-state index is 1.78. The average Bonchev–Trinajstić information content (AvgIpc) is 2.11. The maximum atomic E-state index is 12.4. The fraction of sp³-hybridized carbons (Fsp3) is 0.571. The summed E-state index contributed by atoms with van der Waals surface area (Å²) in [4.78, 5) is 10.2. The van der Waals surface area contributed by atoms with Crippen molar-refractivity contribution in [2.45, 2.75) is 18.3 Å². The molecule has 0 N–H and O–H groups in total. The Morgan fingerprint density at radius 2 is 1.69 bits per heavy atom. The summed E-state index contributed by atoms with van der Waals surface area (Å²) in [6, 6.07) is 0. The number of alkyl halides is 6. The van der Waals surface area contributed by atoms with Gasteiger partial charge >= 0.3 is 18.1 Å². The molecule has 0 amide bonds. The van der Waals surface area contributed by atoms with E-state index in [4.69, 9.17) is 0 Å². The van der Waals surface area contributed by atoms with E-state index >= 15 is 0 Å². The molecule has 0 spiro atoms. The van der Waals surface area contributed by atoms with E-state index in [0.717, 1.165) is 0 Å². The monoisotopic (exact) mass is 254 g/mol. The average molecular weight is 254 g/mol. The number of hydrogen-bond donors (Lipinski definition) is 0. The minimum atomic E-state index is -5.80. The Morgan fingerprint density at radius 1 is 1.25 bits per heavy atom. The Kier molecular flexibility index (Phi) is 4.33. The molecule has 0 radical (unpaired) electrons. The van der Waals surface area contributed by atoms with Gasteiger partial charge in [-0.25, -0.2) is 9.18 Å². The Morgan fingerprint density at radius 3 is 2.00 bits per heavy atom. The van der Waals surface area contributed by atoms with Gasteiger partial charge in [0.05, 0.1) is 0 Å². The molecule has 0 saturated heterocycles. The van der Waals surface area contributed by atoms with Gasteiger partial charge in [0.2, 0.25) is 5.83 Å². The molecule has 0 aromatic rings. The Bertz CT molecular complexity index is 283. The summed E-state index contributed by atoms with van der Waals surface area (Å²) in [6.45, 7) is 0.121. The lowest BCUT2D eigenvalue weighted by molar-refractivity contribution is -0.254. The molecule has 94 valence electrons. The largest absolute Gasteiger partial charge is 0.454 e. The van der Waals surface area contributed by atoms with Gasteiger partial charge in [-0.05, 0) is 0 Å². The molecule has 16 heavy (non-hydrogen) atoms. The number of ether oxygens (including phenoxy) is 1. The molecule has 0 aliphatic carbocycles. The minimum Gasteiger partial charge on any atom is -0.454 e. The quantitative estimate of drug-likeness (QED) is 0.438. The first-order valence-electron chi connectivity index (χ1n) is 3.58. The van der Waals surface area contributed by atoms with Crippen molar-refractivity contribution in [3.8, 4) is 0 Å². The first-order chi connectivity index (χ1) is 6.98. The van der Waals surface area contributed by atoms with E-state index in [1.54, 1.807) is 0 Å². The third-order valence-corrected chi connectivity index (χ3v) is 1.28. The van der Waals surface area contributed by atoms with E-state index in [2.05, 4.69) is 11.3 Å². The SMILES string of the molecule is C=C(F)C(=O)OCC(F)(F)C(F)C(F)(F)F. The van der Waals surface area contributed by atoms with Crippen molar-refractivity contribution in [1.29, 1.82) is 0 Å². The summed E-state index contributed by atoms with van der Waals surface area (Å²) < 4.78 is 86.9. The van der Waals surface area contributed by atoms with Crippen LogP contribution in [0, 0.1) is 0 Å². The van der Waals surface area contributed by atoms with Crippen LogP contribution in [0.2, 0.25) is 0 Å². The second kappa shape index (κ2) is 4.71. The Labute approximate surface area is 84.7 Å². The molecule has 0 aliphatic heterocycles. The summed E-state index contributed by atoms with van der Waals surface area (Å²) in [5, 5.41) is 0. The predicted molar refractivity (Wildman–Crippen MR) is 37.1 cm³/mol. The van der Waals surface area contributed by atoms with Gasteiger partial charge in [0, 0.05) is 0 Å².